The zero-order chi connectivity index (χ0) is 12.8. The highest BCUT2D eigenvalue weighted by molar-refractivity contribution is 5.85. The Hall–Kier alpha value is -1.31. The summed E-state index contributed by atoms with van der Waals surface area (Å²) in [6, 6.07) is 8.32. The molecule has 1 aromatic rings. The molecule has 0 saturated heterocycles. The van der Waals surface area contributed by atoms with Crippen LogP contribution in [0.1, 0.15) is 32.8 Å². The molecule has 2 nitrogen and oxygen atoms in total. The summed E-state index contributed by atoms with van der Waals surface area (Å²) >= 11 is 0. The van der Waals surface area contributed by atoms with Gasteiger partial charge in [-0.1, -0.05) is 26.0 Å². The molecule has 0 aliphatic rings. The first kappa shape index (κ1) is 13.8. The monoisotopic (exact) mass is 233 g/mol. The normalized spacial score (nSPS) is 12.2. The van der Waals surface area contributed by atoms with E-state index in [-0.39, 0.29) is 5.92 Å². The molecule has 1 atom stereocenters. The van der Waals surface area contributed by atoms with Gasteiger partial charge in [0, 0.05) is 18.2 Å². The zero-order valence-electron chi connectivity index (χ0n) is 11.4. The third-order valence-electron chi connectivity index (χ3n) is 3.26. The molecule has 0 fully saturated rings. The van der Waals surface area contributed by atoms with Crippen LogP contribution in [-0.4, -0.2) is 18.9 Å². The summed E-state index contributed by atoms with van der Waals surface area (Å²) in [4.78, 5) is 14.1. The van der Waals surface area contributed by atoms with Crippen molar-refractivity contribution in [2.75, 3.05) is 18.0 Å². The van der Waals surface area contributed by atoms with Gasteiger partial charge in [-0.15, -0.1) is 0 Å². The van der Waals surface area contributed by atoms with Gasteiger partial charge in [0.2, 0.25) is 0 Å². The second kappa shape index (κ2) is 6.43. The number of benzene rings is 1. The van der Waals surface area contributed by atoms with Gasteiger partial charge in [-0.2, -0.15) is 0 Å². The van der Waals surface area contributed by atoms with Crippen molar-refractivity contribution in [1.29, 1.82) is 0 Å². The molecule has 1 aromatic carbocycles. The minimum absolute atomic E-state index is 0.161. The van der Waals surface area contributed by atoms with E-state index in [0.29, 0.717) is 12.3 Å². The quantitative estimate of drug-likeness (QED) is 0.750. The molecular weight excluding hydrogens is 210 g/mol. The standard InChI is InChI=1S/C15H23NO/c1-5-13(4)15(17)11-16(6-2)14-9-7-8-12(3)10-14/h7-10,13H,5-6,11H2,1-4H3. The van der Waals surface area contributed by atoms with Gasteiger partial charge in [0.05, 0.1) is 6.54 Å². The second-order valence-electron chi connectivity index (χ2n) is 4.63. The highest BCUT2D eigenvalue weighted by Crippen LogP contribution is 2.16. The second-order valence-corrected chi connectivity index (χ2v) is 4.63. The molecule has 1 rings (SSSR count). The molecular formula is C15H23NO. The van der Waals surface area contributed by atoms with Crippen LogP contribution in [0, 0.1) is 12.8 Å². The fraction of sp³-hybridized carbons (Fsp3) is 0.533. The Labute approximate surface area is 105 Å². The summed E-state index contributed by atoms with van der Waals surface area (Å²) in [6.45, 7) is 9.62. The Kier molecular flexibility index (Phi) is 5.20. The van der Waals surface area contributed by atoms with Crippen LogP contribution in [0.3, 0.4) is 0 Å². The van der Waals surface area contributed by atoms with E-state index < -0.39 is 0 Å². The predicted molar refractivity (Wildman–Crippen MR) is 73.5 cm³/mol. The van der Waals surface area contributed by atoms with E-state index in [1.807, 2.05) is 13.0 Å². The summed E-state index contributed by atoms with van der Waals surface area (Å²) in [5, 5.41) is 0. The Morgan fingerprint density at radius 3 is 2.59 bits per heavy atom. The average Bonchev–Trinajstić information content (AvgIpc) is 2.34. The van der Waals surface area contributed by atoms with Crippen molar-refractivity contribution < 1.29 is 4.79 Å². The molecule has 0 radical (unpaired) electrons. The lowest BCUT2D eigenvalue weighted by molar-refractivity contribution is -0.121. The number of Topliss-reactive ketones (excluding diaryl/α,β-unsaturated/α-hetero) is 1. The maximum atomic E-state index is 12.0. The summed E-state index contributed by atoms with van der Waals surface area (Å²) in [6.07, 6.45) is 0.921. The number of hydrogen-bond acceptors (Lipinski definition) is 2. The highest BCUT2D eigenvalue weighted by Gasteiger charge is 2.14. The van der Waals surface area contributed by atoms with E-state index in [0.717, 1.165) is 18.7 Å². The number of anilines is 1. The first-order valence-electron chi connectivity index (χ1n) is 6.42. The van der Waals surface area contributed by atoms with Crippen LogP contribution in [0.2, 0.25) is 0 Å². The number of carbonyl (C=O) groups is 1. The van der Waals surface area contributed by atoms with Gasteiger partial charge in [-0.05, 0) is 38.0 Å². The maximum Gasteiger partial charge on any atom is 0.154 e. The molecule has 0 amide bonds. The summed E-state index contributed by atoms with van der Waals surface area (Å²) in [7, 11) is 0. The van der Waals surface area contributed by atoms with Crippen molar-refractivity contribution >= 4 is 11.5 Å². The number of rotatable bonds is 6. The molecule has 0 heterocycles. The Morgan fingerprint density at radius 2 is 2.06 bits per heavy atom. The molecule has 0 N–H and O–H groups in total. The predicted octanol–water partition coefficient (Wildman–Crippen LogP) is 3.44. The average molecular weight is 233 g/mol. The van der Waals surface area contributed by atoms with Gasteiger partial charge in [-0.25, -0.2) is 0 Å². The smallest absolute Gasteiger partial charge is 0.154 e. The minimum atomic E-state index is 0.161. The van der Waals surface area contributed by atoms with Crippen LogP contribution < -0.4 is 4.90 Å². The van der Waals surface area contributed by atoms with E-state index >= 15 is 0 Å². The Balaban J connectivity index is 2.75. The molecule has 1 unspecified atom stereocenters. The number of carbonyl (C=O) groups excluding carboxylic acids is 1. The van der Waals surface area contributed by atoms with Crippen molar-refractivity contribution in [2.45, 2.75) is 34.1 Å². The summed E-state index contributed by atoms with van der Waals surface area (Å²) in [5.41, 5.74) is 2.38. The lowest BCUT2D eigenvalue weighted by atomic mass is 10.0. The summed E-state index contributed by atoms with van der Waals surface area (Å²) in [5.74, 6) is 0.490. The Bertz CT molecular complexity index is 373. The molecule has 0 saturated carbocycles. The highest BCUT2D eigenvalue weighted by atomic mass is 16.1. The van der Waals surface area contributed by atoms with Crippen LogP contribution in [0.4, 0.5) is 5.69 Å². The number of nitrogens with zero attached hydrogens (tertiary/aromatic N) is 1. The third kappa shape index (κ3) is 3.88. The molecule has 2 heteroatoms. The fourth-order valence-corrected chi connectivity index (χ4v) is 1.78. The lowest BCUT2D eigenvalue weighted by Gasteiger charge is -2.24. The number of hydrogen-bond donors (Lipinski definition) is 0. The molecule has 94 valence electrons. The number of ketones is 1. The first-order valence-corrected chi connectivity index (χ1v) is 6.42. The third-order valence-corrected chi connectivity index (χ3v) is 3.26. The van der Waals surface area contributed by atoms with Crippen molar-refractivity contribution in [2.24, 2.45) is 5.92 Å². The first-order chi connectivity index (χ1) is 8.08. The number of aryl methyl sites for hydroxylation is 1. The lowest BCUT2D eigenvalue weighted by Crippen LogP contribution is -2.32. The zero-order valence-corrected chi connectivity index (χ0v) is 11.4. The molecule has 17 heavy (non-hydrogen) atoms. The van der Waals surface area contributed by atoms with E-state index in [1.54, 1.807) is 0 Å². The van der Waals surface area contributed by atoms with Gasteiger partial charge in [-0.3, -0.25) is 4.79 Å². The van der Waals surface area contributed by atoms with Gasteiger partial charge in [0.1, 0.15) is 0 Å². The van der Waals surface area contributed by atoms with Crippen molar-refractivity contribution in [3.8, 4) is 0 Å². The van der Waals surface area contributed by atoms with Gasteiger partial charge in [0.25, 0.3) is 0 Å². The number of likely N-dealkylation sites (N-methyl/N-ethyl adjacent to an activating group) is 1. The molecule has 0 aliphatic heterocycles. The largest absolute Gasteiger partial charge is 0.364 e. The minimum Gasteiger partial charge on any atom is -0.364 e. The van der Waals surface area contributed by atoms with Crippen LogP contribution in [0.25, 0.3) is 0 Å². The van der Waals surface area contributed by atoms with Crippen molar-refractivity contribution in [3.63, 3.8) is 0 Å². The van der Waals surface area contributed by atoms with Gasteiger partial charge in [0.15, 0.2) is 5.78 Å². The SMILES string of the molecule is CCC(C)C(=O)CN(CC)c1cccc(C)c1. The van der Waals surface area contributed by atoms with E-state index in [2.05, 4.69) is 43.9 Å². The van der Waals surface area contributed by atoms with Crippen molar-refractivity contribution in [3.05, 3.63) is 29.8 Å². The Morgan fingerprint density at radius 1 is 1.35 bits per heavy atom. The van der Waals surface area contributed by atoms with Gasteiger partial charge >= 0.3 is 0 Å². The van der Waals surface area contributed by atoms with Crippen molar-refractivity contribution in [1.82, 2.24) is 0 Å². The van der Waals surface area contributed by atoms with Crippen LogP contribution in [0.15, 0.2) is 24.3 Å². The topological polar surface area (TPSA) is 20.3 Å². The van der Waals surface area contributed by atoms with Crippen LogP contribution >= 0.6 is 0 Å². The molecule has 0 aromatic heterocycles. The molecule has 0 spiro atoms. The molecule has 0 bridgehead atoms. The van der Waals surface area contributed by atoms with E-state index in [9.17, 15) is 4.79 Å². The van der Waals surface area contributed by atoms with E-state index in [1.165, 1.54) is 5.56 Å². The molecule has 0 aliphatic carbocycles. The summed E-state index contributed by atoms with van der Waals surface area (Å²) < 4.78 is 0. The van der Waals surface area contributed by atoms with Crippen LogP contribution in [0.5, 0.6) is 0 Å². The fourth-order valence-electron chi connectivity index (χ4n) is 1.78. The van der Waals surface area contributed by atoms with Crippen LogP contribution in [-0.2, 0) is 4.79 Å². The van der Waals surface area contributed by atoms with E-state index in [4.69, 9.17) is 0 Å². The maximum absolute atomic E-state index is 12.0. The van der Waals surface area contributed by atoms with Gasteiger partial charge < -0.3 is 4.90 Å².